The van der Waals surface area contributed by atoms with Crippen LogP contribution in [0.5, 0.6) is 5.75 Å². The van der Waals surface area contributed by atoms with E-state index in [1.54, 1.807) is 30.3 Å². The number of nitrogens with one attached hydrogen (secondary N) is 2. The summed E-state index contributed by atoms with van der Waals surface area (Å²) in [7, 11) is 1.53. The van der Waals surface area contributed by atoms with Crippen molar-refractivity contribution >= 4 is 34.8 Å². The van der Waals surface area contributed by atoms with E-state index in [1.165, 1.54) is 7.11 Å². The first kappa shape index (κ1) is 16.3. The normalized spacial score (nSPS) is 13.0. The van der Waals surface area contributed by atoms with Crippen LogP contribution in [0.25, 0.3) is 0 Å². The van der Waals surface area contributed by atoms with Crippen LogP contribution < -0.4 is 15.4 Å². The van der Waals surface area contributed by atoms with E-state index in [0.29, 0.717) is 34.9 Å². The maximum Gasteiger partial charge on any atom is 0.255 e. The second kappa shape index (κ2) is 6.53. The summed E-state index contributed by atoms with van der Waals surface area (Å²) < 4.78 is 5.27. The zero-order chi connectivity index (χ0) is 17.3. The van der Waals surface area contributed by atoms with Crippen LogP contribution in [-0.4, -0.2) is 18.9 Å². The summed E-state index contributed by atoms with van der Waals surface area (Å²) in [5.41, 5.74) is 3.67. The Balaban J connectivity index is 1.86. The summed E-state index contributed by atoms with van der Waals surface area (Å²) in [5.74, 6) is 0.264. The third-order valence-corrected chi connectivity index (χ3v) is 4.40. The molecule has 0 fully saturated rings. The molecule has 0 atom stereocenters. The monoisotopic (exact) mass is 344 g/mol. The van der Waals surface area contributed by atoms with Crippen LogP contribution in [0.4, 0.5) is 11.4 Å². The van der Waals surface area contributed by atoms with Gasteiger partial charge in [0.25, 0.3) is 5.91 Å². The number of hydrogen-bond donors (Lipinski definition) is 2. The number of benzene rings is 2. The van der Waals surface area contributed by atoms with Gasteiger partial charge in [0.2, 0.25) is 5.91 Å². The lowest BCUT2D eigenvalue weighted by molar-refractivity contribution is -0.116. The molecule has 2 aromatic rings. The van der Waals surface area contributed by atoms with Gasteiger partial charge in [-0.25, -0.2) is 0 Å². The Morgan fingerprint density at radius 3 is 2.79 bits per heavy atom. The van der Waals surface area contributed by atoms with Crippen LogP contribution in [0, 0.1) is 6.92 Å². The molecule has 2 N–H and O–H groups in total. The van der Waals surface area contributed by atoms with E-state index < -0.39 is 0 Å². The number of amides is 2. The number of rotatable bonds is 3. The summed E-state index contributed by atoms with van der Waals surface area (Å²) in [6.07, 6.45) is 1.06. The van der Waals surface area contributed by atoms with Gasteiger partial charge in [0, 0.05) is 28.8 Å². The maximum absolute atomic E-state index is 12.5. The van der Waals surface area contributed by atoms with Crippen LogP contribution in [0.3, 0.4) is 0 Å². The molecule has 6 heteroatoms. The maximum atomic E-state index is 12.5. The van der Waals surface area contributed by atoms with Gasteiger partial charge >= 0.3 is 0 Å². The van der Waals surface area contributed by atoms with E-state index in [2.05, 4.69) is 10.6 Å². The van der Waals surface area contributed by atoms with Crippen LogP contribution in [0.1, 0.15) is 27.9 Å². The predicted octanol–water partition coefficient (Wildman–Crippen LogP) is 3.79. The molecule has 0 unspecified atom stereocenters. The number of anilines is 2. The van der Waals surface area contributed by atoms with Crippen LogP contribution in [0.15, 0.2) is 30.3 Å². The van der Waals surface area contributed by atoms with Crippen molar-refractivity contribution in [2.24, 2.45) is 0 Å². The van der Waals surface area contributed by atoms with Crippen molar-refractivity contribution in [2.45, 2.75) is 19.8 Å². The first-order valence-corrected chi connectivity index (χ1v) is 7.94. The van der Waals surface area contributed by atoms with E-state index in [-0.39, 0.29) is 11.8 Å². The SMILES string of the molecule is COc1cc(Cl)c(C)cc1NC(=O)c1ccc2c(c1)CCC(=O)N2. The van der Waals surface area contributed by atoms with E-state index >= 15 is 0 Å². The highest BCUT2D eigenvalue weighted by atomic mass is 35.5. The van der Waals surface area contributed by atoms with Gasteiger partial charge in [0.15, 0.2) is 0 Å². The molecule has 2 amide bonds. The molecule has 0 radical (unpaired) electrons. The molecular formula is C18H17ClN2O3. The molecule has 2 aromatic carbocycles. The molecule has 0 aromatic heterocycles. The minimum Gasteiger partial charge on any atom is -0.495 e. The number of ether oxygens (including phenoxy) is 1. The number of carbonyl (C=O) groups is 2. The molecule has 24 heavy (non-hydrogen) atoms. The molecule has 1 heterocycles. The highest BCUT2D eigenvalue weighted by Gasteiger charge is 2.17. The average molecular weight is 345 g/mol. The quantitative estimate of drug-likeness (QED) is 0.890. The van der Waals surface area contributed by atoms with Crippen molar-refractivity contribution < 1.29 is 14.3 Å². The van der Waals surface area contributed by atoms with Crippen LogP contribution in [0.2, 0.25) is 5.02 Å². The number of hydrogen-bond acceptors (Lipinski definition) is 3. The van der Waals surface area contributed by atoms with Gasteiger partial charge in [-0.15, -0.1) is 0 Å². The highest BCUT2D eigenvalue weighted by molar-refractivity contribution is 6.31. The molecule has 0 saturated heterocycles. The van der Waals surface area contributed by atoms with Crippen molar-refractivity contribution in [1.82, 2.24) is 0 Å². The van der Waals surface area contributed by atoms with Crippen LogP contribution >= 0.6 is 11.6 Å². The first-order valence-electron chi connectivity index (χ1n) is 7.56. The summed E-state index contributed by atoms with van der Waals surface area (Å²) in [6, 6.07) is 8.70. The van der Waals surface area contributed by atoms with Gasteiger partial charge in [0.05, 0.1) is 12.8 Å². The Labute approximate surface area is 145 Å². The Hall–Kier alpha value is -2.53. The highest BCUT2D eigenvalue weighted by Crippen LogP contribution is 2.31. The molecule has 1 aliphatic heterocycles. The third kappa shape index (κ3) is 3.21. The van der Waals surface area contributed by atoms with E-state index in [0.717, 1.165) is 16.8 Å². The summed E-state index contributed by atoms with van der Waals surface area (Å²) in [5, 5.41) is 6.23. The second-order valence-corrected chi connectivity index (χ2v) is 6.08. The summed E-state index contributed by atoms with van der Waals surface area (Å²) in [6.45, 7) is 1.86. The number of halogens is 1. The lowest BCUT2D eigenvalue weighted by Crippen LogP contribution is -2.20. The lowest BCUT2D eigenvalue weighted by atomic mass is 10.00. The topological polar surface area (TPSA) is 67.4 Å². The fourth-order valence-corrected chi connectivity index (χ4v) is 2.80. The number of carbonyl (C=O) groups excluding carboxylic acids is 2. The molecular weight excluding hydrogens is 328 g/mol. The van der Waals surface area contributed by atoms with Gasteiger partial charge in [-0.05, 0) is 48.7 Å². The largest absolute Gasteiger partial charge is 0.495 e. The molecule has 0 bridgehead atoms. The Morgan fingerprint density at radius 1 is 1.25 bits per heavy atom. The fraction of sp³-hybridized carbons (Fsp3) is 0.222. The molecule has 1 aliphatic rings. The van der Waals surface area contributed by atoms with E-state index in [1.807, 2.05) is 6.92 Å². The van der Waals surface area contributed by atoms with Gasteiger partial charge in [-0.3, -0.25) is 9.59 Å². The molecule has 5 nitrogen and oxygen atoms in total. The lowest BCUT2D eigenvalue weighted by Gasteiger charge is -2.18. The van der Waals surface area contributed by atoms with Crippen LogP contribution in [-0.2, 0) is 11.2 Å². The molecule has 0 saturated carbocycles. The zero-order valence-electron chi connectivity index (χ0n) is 13.4. The van der Waals surface area contributed by atoms with Gasteiger partial charge in [0.1, 0.15) is 5.75 Å². The second-order valence-electron chi connectivity index (χ2n) is 5.68. The number of fused-ring (bicyclic) bond motifs is 1. The van der Waals surface area contributed by atoms with Gasteiger partial charge in [-0.1, -0.05) is 11.6 Å². The first-order chi connectivity index (χ1) is 11.5. The van der Waals surface area contributed by atoms with E-state index in [9.17, 15) is 9.59 Å². The van der Waals surface area contributed by atoms with Crippen molar-refractivity contribution in [1.29, 1.82) is 0 Å². The Kier molecular flexibility index (Phi) is 4.44. The van der Waals surface area contributed by atoms with Crippen molar-refractivity contribution in [3.8, 4) is 5.75 Å². The standard InChI is InChI=1S/C18H17ClN2O3/c1-10-7-15(16(24-2)9-13(10)19)21-18(23)12-3-5-14-11(8-12)4-6-17(22)20-14/h3,5,7-9H,4,6H2,1-2H3,(H,20,22)(H,21,23). The minimum atomic E-state index is -0.241. The van der Waals surface area contributed by atoms with E-state index in [4.69, 9.17) is 16.3 Å². The smallest absolute Gasteiger partial charge is 0.255 e. The zero-order valence-corrected chi connectivity index (χ0v) is 14.2. The molecule has 124 valence electrons. The summed E-state index contributed by atoms with van der Waals surface area (Å²) >= 11 is 6.08. The minimum absolute atomic E-state index is 0.000998. The van der Waals surface area contributed by atoms with Crippen molar-refractivity contribution in [3.05, 3.63) is 52.0 Å². The number of aryl methyl sites for hydroxylation is 2. The average Bonchev–Trinajstić information content (AvgIpc) is 2.57. The molecule has 0 aliphatic carbocycles. The van der Waals surface area contributed by atoms with Crippen molar-refractivity contribution in [3.63, 3.8) is 0 Å². The Morgan fingerprint density at radius 2 is 2.04 bits per heavy atom. The van der Waals surface area contributed by atoms with Crippen molar-refractivity contribution in [2.75, 3.05) is 17.7 Å². The Bertz CT molecular complexity index is 833. The third-order valence-electron chi connectivity index (χ3n) is 3.99. The van der Waals surface area contributed by atoms with Gasteiger partial charge in [-0.2, -0.15) is 0 Å². The predicted molar refractivity (Wildman–Crippen MR) is 94.1 cm³/mol. The molecule has 3 rings (SSSR count). The number of methoxy groups -OCH3 is 1. The fourth-order valence-electron chi connectivity index (χ4n) is 2.65. The molecule has 0 spiro atoms. The summed E-state index contributed by atoms with van der Waals surface area (Å²) in [4.78, 5) is 23.9. The van der Waals surface area contributed by atoms with Gasteiger partial charge < -0.3 is 15.4 Å².